The molecule has 0 bridgehead atoms. The largest absolute Gasteiger partial charge is 0.464 e. The Hall–Kier alpha value is -1.30. The van der Waals surface area contributed by atoms with E-state index in [1.54, 1.807) is 24.1 Å². The van der Waals surface area contributed by atoms with Crippen LogP contribution in [0, 0.1) is 0 Å². The van der Waals surface area contributed by atoms with Gasteiger partial charge in [-0.05, 0) is 48.2 Å². The second kappa shape index (κ2) is 6.23. The third-order valence-corrected chi connectivity index (χ3v) is 3.66. The first-order valence-electron chi connectivity index (χ1n) is 6.45. The molecule has 0 aliphatic carbocycles. The number of carbonyl (C=O) groups excluding carboxylic acids is 2. The molecule has 6 heteroatoms. The highest BCUT2D eigenvalue weighted by Gasteiger charge is 2.34. The summed E-state index contributed by atoms with van der Waals surface area (Å²) in [6.45, 7) is 2.71. The average molecular weight is 329 g/mol. The third kappa shape index (κ3) is 3.18. The second-order valence-electron chi connectivity index (χ2n) is 4.49. The Kier molecular flexibility index (Phi) is 4.63. The average Bonchev–Trinajstić information content (AvgIpc) is 2.85. The van der Waals surface area contributed by atoms with Crippen molar-refractivity contribution in [2.24, 2.45) is 0 Å². The summed E-state index contributed by atoms with van der Waals surface area (Å²) in [6.07, 6.45) is 4.24. The van der Waals surface area contributed by atoms with E-state index in [1.807, 2.05) is 0 Å². The topological polar surface area (TPSA) is 62.4 Å². The lowest BCUT2D eigenvalue weighted by Crippen LogP contribution is -2.48. The molecule has 5 nitrogen and oxygen atoms in total. The number of piperidine rings is 1. The van der Waals surface area contributed by atoms with Crippen LogP contribution in [0.2, 0.25) is 0 Å². The second-order valence-corrected chi connectivity index (χ2v) is 5.41. The van der Waals surface area contributed by atoms with Crippen molar-refractivity contribution in [3.63, 3.8) is 0 Å². The van der Waals surface area contributed by atoms with Crippen molar-refractivity contribution in [3.05, 3.63) is 22.4 Å². The molecule has 1 atom stereocenters. The van der Waals surface area contributed by atoms with E-state index in [-0.39, 0.29) is 11.9 Å². The maximum Gasteiger partial charge on any atom is 0.328 e. The van der Waals surface area contributed by atoms with Gasteiger partial charge in [0.15, 0.2) is 0 Å². The number of hydrogen-bond acceptors (Lipinski definition) is 3. The van der Waals surface area contributed by atoms with Gasteiger partial charge in [-0.1, -0.05) is 0 Å². The van der Waals surface area contributed by atoms with Crippen LogP contribution in [-0.4, -0.2) is 41.0 Å². The summed E-state index contributed by atoms with van der Waals surface area (Å²) in [7, 11) is 0. The van der Waals surface area contributed by atoms with Crippen molar-refractivity contribution in [3.8, 4) is 0 Å². The van der Waals surface area contributed by atoms with Crippen molar-refractivity contribution in [2.45, 2.75) is 32.2 Å². The summed E-state index contributed by atoms with van der Waals surface area (Å²) in [4.78, 5) is 28.8. The fourth-order valence-corrected chi connectivity index (χ4v) is 2.65. The van der Waals surface area contributed by atoms with Crippen molar-refractivity contribution in [1.29, 1.82) is 0 Å². The van der Waals surface area contributed by atoms with E-state index >= 15 is 0 Å². The maximum atomic E-state index is 12.4. The standard InChI is InChI=1S/C13H17BrN2O3/c1-2-19-13(18)11-5-3-4-6-16(11)12(17)10-7-9(14)8-15-10/h7-8,11,15H,2-6H2,1H3. The summed E-state index contributed by atoms with van der Waals surface area (Å²) >= 11 is 3.30. The zero-order valence-corrected chi connectivity index (χ0v) is 12.4. The Balaban J connectivity index is 2.15. The summed E-state index contributed by atoms with van der Waals surface area (Å²) in [5.74, 6) is -0.454. The van der Waals surface area contributed by atoms with Crippen LogP contribution < -0.4 is 0 Å². The van der Waals surface area contributed by atoms with Gasteiger partial charge in [-0.15, -0.1) is 0 Å². The number of aromatic amines is 1. The van der Waals surface area contributed by atoms with E-state index in [9.17, 15) is 9.59 Å². The highest BCUT2D eigenvalue weighted by Crippen LogP contribution is 2.21. The molecular formula is C13H17BrN2O3. The van der Waals surface area contributed by atoms with E-state index in [4.69, 9.17) is 4.74 Å². The highest BCUT2D eigenvalue weighted by molar-refractivity contribution is 9.10. The number of hydrogen-bond donors (Lipinski definition) is 1. The quantitative estimate of drug-likeness (QED) is 0.866. The minimum atomic E-state index is -0.455. The Morgan fingerprint density at radius 2 is 2.32 bits per heavy atom. The Bertz CT molecular complexity index is 472. The molecule has 2 rings (SSSR count). The number of carbonyl (C=O) groups is 2. The fourth-order valence-electron chi connectivity index (χ4n) is 2.30. The zero-order chi connectivity index (χ0) is 13.8. The molecule has 104 valence electrons. The molecule has 1 aliphatic rings. The molecule has 1 aromatic heterocycles. The molecule has 0 radical (unpaired) electrons. The van der Waals surface area contributed by atoms with Gasteiger partial charge in [0.05, 0.1) is 6.61 Å². The summed E-state index contributed by atoms with van der Waals surface area (Å²) in [6, 6.07) is 1.27. The minimum Gasteiger partial charge on any atom is -0.464 e. The lowest BCUT2D eigenvalue weighted by atomic mass is 10.0. The zero-order valence-electron chi connectivity index (χ0n) is 10.8. The van der Waals surface area contributed by atoms with Crippen LogP contribution in [0.1, 0.15) is 36.7 Å². The molecule has 1 fully saturated rings. The number of rotatable bonds is 3. The number of nitrogens with zero attached hydrogens (tertiary/aromatic N) is 1. The lowest BCUT2D eigenvalue weighted by molar-refractivity contribution is -0.149. The molecular weight excluding hydrogens is 312 g/mol. The van der Waals surface area contributed by atoms with Gasteiger partial charge in [0.25, 0.3) is 5.91 Å². The maximum absolute atomic E-state index is 12.4. The molecule has 0 saturated carbocycles. The van der Waals surface area contributed by atoms with Crippen LogP contribution in [0.3, 0.4) is 0 Å². The normalized spacial score (nSPS) is 19.3. The summed E-state index contributed by atoms with van der Waals surface area (Å²) in [5, 5.41) is 0. The first-order chi connectivity index (χ1) is 9.13. The van der Waals surface area contributed by atoms with Gasteiger partial charge in [-0.2, -0.15) is 0 Å². The molecule has 0 spiro atoms. The third-order valence-electron chi connectivity index (χ3n) is 3.20. The van der Waals surface area contributed by atoms with E-state index in [0.29, 0.717) is 25.3 Å². The summed E-state index contributed by atoms with van der Waals surface area (Å²) in [5.41, 5.74) is 0.489. The molecule has 1 aliphatic heterocycles. The number of amides is 1. The summed E-state index contributed by atoms with van der Waals surface area (Å²) < 4.78 is 5.87. The number of ether oxygens (including phenoxy) is 1. The van der Waals surface area contributed by atoms with Crippen LogP contribution in [0.4, 0.5) is 0 Å². The predicted octanol–water partition coefficient (Wildman–Crippen LogP) is 2.33. The van der Waals surface area contributed by atoms with Gasteiger partial charge >= 0.3 is 5.97 Å². The fraction of sp³-hybridized carbons (Fsp3) is 0.538. The Morgan fingerprint density at radius 1 is 1.53 bits per heavy atom. The minimum absolute atomic E-state index is 0.150. The number of aromatic nitrogens is 1. The van der Waals surface area contributed by atoms with Crippen LogP contribution in [0.25, 0.3) is 0 Å². The molecule has 1 unspecified atom stereocenters. The number of esters is 1. The van der Waals surface area contributed by atoms with Crippen LogP contribution in [-0.2, 0) is 9.53 Å². The molecule has 1 amide bonds. The van der Waals surface area contributed by atoms with E-state index < -0.39 is 6.04 Å². The first-order valence-corrected chi connectivity index (χ1v) is 7.24. The molecule has 2 heterocycles. The van der Waals surface area contributed by atoms with Crippen molar-refractivity contribution >= 4 is 27.8 Å². The van der Waals surface area contributed by atoms with E-state index in [0.717, 1.165) is 17.3 Å². The number of nitrogens with one attached hydrogen (secondary N) is 1. The van der Waals surface area contributed by atoms with E-state index in [2.05, 4.69) is 20.9 Å². The molecule has 1 N–H and O–H groups in total. The van der Waals surface area contributed by atoms with Gasteiger partial charge in [0.2, 0.25) is 0 Å². The van der Waals surface area contributed by atoms with Gasteiger partial charge in [0, 0.05) is 17.2 Å². The van der Waals surface area contributed by atoms with Crippen molar-refractivity contribution in [1.82, 2.24) is 9.88 Å². The number of likely N-dealkylation sites (tertiary alicyclic amines) is 1. The van der Waals surface area contributed by atoms with Crippen molar-refractivity contribution in [2.75, 3.05) is 13.2 Å². The van der Waals surface area contributed by atoms with Crippen LogP contribution in [0.5, 0.6) is 0 Å². The van der Waals surface area contributed by atoms with Gasteiger partial charge < -0.3 is 14.6 Å². The Labute approximate surface area is 120 Å². The number of halogens is 1. The van der Waals surface area contributed by atoms with Crippen molar-refractivity contribution < 1.29 is 14.3 Å². The van der Waals surface area contributed by atoms with E-state index in [1.165, 1.54) is 0 Å². The van der Waals surface area contributed by atoms with Gasteiger partial charge in [-0.3, -0.25) is 4.79 Å². The number of H-pyrrole nitrogens is 1. The van der Waals surface area contributed by atoms with Gasteiger partial charge in [0.1, 0.15) is 11.7 Å². The van der Waals surface area contributed by atoms with Gasteiger partial charge in [-0.25, -0.2) is 4.79 Å². The predicted molar refractivity (Wildman–Crippen MR) is 73.8 cm³/mol. The molecule has 0 aromatic carbocycles. The smallest absolute Gasteiger partial charge is 0.328 e. The highest BCUT2D eigenvalue weighted by atomic mass is 79.9. The Morgan fingerprint density at radius 3 is 2.95 bits per heavy atom. The molecule has 1 saturated heterocycles. The molecule has 1 aromatic rings. The van der Waals surface area contributed by atoms with Crippen LogP contribution >= 0.6 is 15.9 Å². The monoisotopic (exact) mass is 328 g/mol. The SMILES string of the molecule is CCOC(=O)C1CCCCN1C(=O)c1cc(Br)c[nH]1. The molecule has 19 heavy (non-hydrogen) atoms. The lowest BCUT2D eigenvalue weighted by Gasteiger charge is -2.33. The van der Waals surface area contributed by atoms with Crippen LogP contribution in [0.15, 0.2) is 16.7 Å². The first kappa shape index (κ1) is 14.1.